The fourth-order valence-electron chi connectivity index (χ4n) is 7.57. The Morgan fingerprint density at radius 2 is 1.75 bits per heavy atom. The van der Waals surface area contributed by atoms with Crippen LogP contribution in [-0.2, 0) is 19.3 Å². The molecule has 1 heterocycles. The first-order chi connectivity index (χ1) is 15.6. The van der Waals surface area contributed by atoms with E-state index in [-0.39, 0.29) is 5.97 Å². The van der Waals surface area contributed by atoms with E-state index in [0.29, 0.717) is 29.9 Å². The van der Waals surface area contributed by atoms with Gasteiger partial charge in [-0.05, 0) is 86.8 Å². The van der Waals surface area contributed by atoms with Crippen molar-refractivity contribution in [2.75, 3.05) is 0 Å². The van der Waals surface area contributed by atoms with Crippen molar-refractivity contribution in [3.63, 3.8) is 0 Å². The zero-order valence-corrected chi connectivity index (χ0v) is 19.2. The monoisotopic (exact) mass is 440 g/mol. The lowest BCUT2D eigenvalue weighted by atomic mass is 9.53. The Morgan fingerprint density at radius 3 is 2.44 bits per heavy atom. The molecule has 7 rings (SSSR count). The minimum absolute atomic E-state index is 0.151. The van der Waals surface area contributed by atoms with Crippen molar-refractivity contribution in [2.24, 2.45) is 23.7 Å². The van der Waals surface area contributed by atoms with Crippen LogP contribution in [0.4, 0.5) is 0 Å². The second-order valence-corrected chi connectivity index (χ2v) is 11.1. The van der Waals surface area contributed by atoms with Gasteiger partial charge >= 0.3 is 5.97 Å². The quantitative estimate of drug-likeness (QED) is 0.307. The first-order valence-corrected chi connectivity index (χ1v) is 12.9. The van der Waals surface area contributed by atoms with Crippen molar-refractivity contribution >= 4 is 5.97 Å². The van der Waals surface area contributed by atoms with Crippen LogP contribution in [0.1, 0.15) is 95.5 Å². The molecule has 6 fully saturated rings. The van der Waals surface area contributed by atoms with Crippen LogP contribution in [0.5, 0.6) is 5.75 Å². The van der Waals surface area contributed by atoms with Crippen LogP contribution < -0.4 is 4.74 Å². The predicted molar refractivity (Wildman–Crippen MR) is 119 cm³/mol. The molecule has 5 aliphatic carbocycles. The predicted octanol–water partition coefficient (Wildman–Crippen LogP) is 6.27. The number of hydrogen-bond donors (Lipinski definition) is 0. The average molecular weight is 441 g/mol. The van der Waals surface area contributed by atoms with Crippen LogP contribution >= 0.6 is 0 Å². The van der Waals surface area contributed by atoms with Crippen molar-refractivity contribution in [1.82, 2.24) is 0 Å². The van der Waals surface area contributed by atoms with E-state index < -0.39 is 11.6 Å². The van der Waals surface area contributed by atoms with Crippen LogP contribution in [0.15, 0.2) is 24.3 Å². The minimum Gasteiger partial charge on any atom is -0.427 e. The summed E-state index contributed by atoms with van der Waals surface area (Å²) in [5, 5.41) is 0. The maximum Gasteiger partial charge on any atom is 0.311 e. The molecule has 0 aromatic heterocycles. The third kappa shape index (κ3) is 3.61. The molecule has 6 aliphatic rings. The Labute approximate surface area is 191 Å². The normalized spacial score (nSPS) is 42.1. The highest BCUT2D eigenvalue weighted by Gasteiger charge is 2.67. The number of benzene rings is 1. The first-order valence-electron chi connectivity index (χ1n) is 12.9. The van der Waals surface area contributed by atoms with Crippen LogP contribution in [-0.4, -0.2) is 17.5 Å². The molecule has 2 spiro atoms. The van der Waals surface area contributed by atoms with E-state index in [2.05, 4.69) is 19.1 Å². The van der Waals surface area contributed by atoms with E-state index in [0.717, 1.165) is 50.4 Å². The van der Waals surface area contributed by atoms with Gasteiger partial charge in [-0.1, -0.05) is 25.5 Å². The molecule has 1 aromatic carbocycles. The van der Waals surface area contributed by atoms with E-state index >= 15 is 0 Å². The SMILES string of the molecule is CCCCC(=O)Oc1ccc(C2CCC[C@]3(C2)OOC2(O3)C3CC4CC(C3)CC2C4)cc1. The van der Waals surface area contributed by atoms with Crippen LogP contribution in [0.25, 0.3) is 0 Å². The summed E-state index contributed by atoms with van der Waals surface area (Å²) in [6.07, 6.45) is 12.7. The molecular weight excluding hydrogens is 404 g/mol. The molecule has 5 heteroatoms. The fraction of sp³-hybridized carbons (Fsp3) is 0.741. The van der Waals surface area contributed by atoms with E-state index in [1.165, 1.54) is 37.7 Å². The van der Waals surface area contributed by atoms with Gasteiger partial charge in [-0.15, -0.1) is 0 Å². The molecule has 174 valence electrons. The molecule has 1 saturated heterocycles. The number of hydrogen-bond acceptors (Lipinski definition) is 5. The third-order valence-corrected chi connectivity index (χ3v) is 8.93. The third-order valence-electron chi connectivity index (χ3n) is 8.93. The van der Waals surface area contributed by atoms with Gasteiger partial charge in [-0.25, -0.2) is 0 Å². The largest absolute Gasteiger partial charge is 0.427 e. The maximum absolute atomic E-state index is 11.9. The smallest absolute Gasteiger partial charge is 0.311 e. The van der Waals surface area contributed by atoms with E-state index in [9.17, 15) is 4.79 Å². The summed E-state index contributed by atoms with van der Waals surface area (Å²) in [6, 6.07) is 8.04. The molecule has 4 bridgehead atoms. The number of ether oxygens (including phenoxy) is 2. The summed E-state index contributed by atoms with van der Waals surface area (Å²) in [6.45, 7) is 2.08. The number of carbonyl (C=O) groups excluding carboxylic acids is 1. The van der Waals surface area contributed by atoms with E-state index in [4.69, 9.17) is 19.2 Å². The van der Waals surface area contributed by atoms with Gasteiger partial charge in [-0.3, -0.25) is 4.79 Å². The lowest BCUT2D eigenvalue weighted by Crippen LogP contribution is -2.59. The number of carbonyl (C=O) groups is 1. The second-order valence-electron chi connectivity index (χ2n) is 11.1. The summed E-state index contributed by atoms with van der Waals surface area (Å²) in [4.78, 5) is 24.3. The van der Waals surface area contributed by atoms with Gasteiger partial charge in [0.2, 0.25) is 11.6 Å². The molecular formula is C27H36O5. The number of esters is 1. The molecule has 1 aromatic rings. The lowest BCUT2D eigenvalue weighted by Gasteiger charge is -2.57. The summed E-state index contributed by atoms with van der Waals surface area (Å²) in [5.41, 5.74) is 1.26. The van der Waals surface area contributed by atoms with Gasteiger partial charge in [-0.2, -0.15) is 9.78 Å². The molecule has 1 aliphatic heterocycles. The van der Waals surface area contributed by atoms with Gasteiger partial charge < -0.3 is 9.47 Å². The molecule has 0 amide bonds. The molecule has 5 saturated carbocycles. The second kappa shape index (κ2) is 8.11. The summed E-state index contributed by atoms with van der Waals surface area (Å²) >= 11 is 0. The Balaban J connectivity index is 1.13. The van der Waals surface area contributed by atoms with Crippen LogP contribution in [0.2, 0.25) is 0 Å². The van der Waals surface area contributed by atoms with E-state index in [1.54, 1.807) is 0 Å². The van der Waals surface area contributed by atoms with Crippen molar-refractivity contribution in [3.8, 4) is 5.75 Å². The van der Waals surface area contributed by atoms with Gasteiger partial charge in [0.25, 0.3) is 0 Å². The number of rotatable bonds is 5. The summed E-state index contributed by atoms with van der Waals surface area (Å²) in [7, 11) is 0. The van der Waals surface area contributed by atoms with Gasteiger partial charge in [0.05, 0.1) is 0 Å². The van der Waals surface area contributed by atoms with Crippen LogP contribution in [0, 0.1) is 23.7 Å². The topological polar surface area (TPSA) is 54.0 Å². The number of unbranched alkanes of at least 4 members (excludes halogenated alkanes) is 1. The molecule has 5 nitrogen and oxygen atoms in total. The maximum atomic E-state index is 11.9. The zero-order valence-electron chi connectivity index (χ0n) is 19.2. The van der Waals surface area contributed by atoms with Crippen molar-refractivity contribution in [2.45, 2.75) is 101 Å². The van der Waals surface area contributed by atoms with Crippen molar-refractivity contribution < 1.29 is 24.0 Å². The lowest BCUT2D eigenvalue weighted by molar-refractivity contribution is -0.390. The molecule has 2 atom stereocenters. The van der Waals surface area contributed by atoms with Gasteiger partial charge in [0.1, 0.15) is 5.75 Å². The Bertz CT molecular complexity index is 820. The highest BCUT2D eigenvalue weighted by atomic mass is 17.3. The van der Waals surface area contributed by atoms with Gasteiger partial charge in [0, 0.05) is 31.1 Å². The minimum atomic E-state index is -0.608. The molecule has 0 radical (unpaired) electrons. The zero-order chi connectivity index (χ0) is 21.8. The molecule has 32 heavy (non-hydrogen) atoms. The summed E-state index contributed by atoms with van der Waals surface area (Å²) in [5.74, 6) is 2.49. The molecule has 1 unspecified atom stereocenters. The highest BCUT2D eigenvalue weighted by Crippen LogP contribution is 2.64. The highest BCUT2D eigenvalue weighted by molar-refractivity contribution is 5.72. The fourth-order valence-corrected chi connectivity index (χ4v) is 7.57. The standard InChI is InChI=1S/C27H36O5/c1-2-3-6-25(28)29-24-9-7-20(8-10-24)21-5-4-11-26(17-21)30-27(32-31-26)22-13-18-12-19(15-22)16-23(27)14-18/h7-10,18-19,21-23H,2-6,11-17H2,1H3/t18?,19?,21?,22?,23?,26-,27?/m1/s1. The van der Waals surface area contributed by atoms with E-state index in [1.807, 2.05) is 12.1 Å². The van der Waals surface area contributed by atoms with Gasteiger partial charge in [0.15, 0.2) is 0 Å². The van der Waals surface area contributed by atoms with Crippen molar-refractivity contribution in [3.05, 3.63) is 29.8 Å². The molecule has 0 N–H and O–H groups in total. The first kappa shape index (κ1) is 21.1. The Morgan fingerprint density at radius 1 is 1.03 bits per heavy atom. The van der Waals surface area contributed by atoms with Crippen LogP contribution in [0.3, 0.4) is 0 Å². The summed E-state index contributed by atoms with van der Waals surface area (Å²) < 4.78 is 12.4. The Kier molecular flexibility index (Phi) is 5.35. The Hall–Kier alpha value is -1.43. The van der Waals surface area contributed by atoms with Crippen molar-refractivity contribution in [1.29, 1.82) is 0 Å². The average Bonchev–Trinajstić information content (AvgIpc) is 3.15.